The Labute approximate surface area is 215 Å². The van der Waals surface area contributed by atoms with Gasteiger partial charge in [0, 0.05) is 17.2 Å². The van der Waals surface area contributed by atoms with Crippen molar-refractivity contribution in [3.63, 3.8) is 0 Å². The first-order chi connectivity index (χ1) is 17.3. The minimum atomic E-state index is -0.708. The van der Waals surface area contributed by atoms with Gasteiger partial charge in [0.15, 0.2) is 18.1 Å². The van der Waals surface area contributed by atoms with Crippen LogP contribution in [-0.2, 0) is 4.79 Å². The van der Waals surface area contributed by atoms with Gasteiger partial charge in [-0.3, -0.25) is 14.9 Å². The lowest BCUT2D eigenvalue weighted by atomic mass is 10.2. The number of carbonyl (C=O) groups excluding carboxylic acids is 2. The number of benzene rings is 3. The molecule has 0 unspecified atom stereocenters. The van der Waals surface area contributed by atoms with E-state index in [1.165, 1.54) is 42.6 Å². The van der Waals surface area contributed by atoms with Crippen molar-refractivity contribution in [3.8, 4) is 17.2 Å². The Morgan fingerprint density at radius 3 is 2.39 bits per heavy atom. The second-order valence-electron chi connectivity index (χ2n) is 6.99. The van der Waals surface area contributed by atoms with Crippen molar-refractivity contribution in [2.45, 2.75) is 6.92 Å². The predicted molar refractivity (Wildman–Crippen MR) is 133 cm³/mol. The summed E-state index contributed by atoms with van der Waals surface area (Å²) in [6, 6.07) is 14.3. The lowest BCUT2D eigenvalue weighted by molar-refractivity contribution is -0.384. The summed E-state index contributed by atoms with van der Waals surface area (Å²) in [5.74, 6) is -0.505. The average Bonchev–Trinajstić information content (AvgIpc) is 2.85. The van der Waals surface area contributed by atoms with Crippen molar-refractivity contribution in [1.29, 1.82) is 0 Å². The first-order valence-electron chi connectivity index (χ1n) is 10.4. The number of rotatable bonds is 10. The Morgan fingerprint density at radius 1 is 1.00 bits per heavy atom. The molecule has 0 radical (unpaired) electrons. The van der Waals surface area contributed by atoms with Crippen LogP contribution < -0.4 is 19.6 Å². The molecule has 1 N–H and O–H groups in total. The molecular weight excluding hydrogens is 513 g/mol. The topological polar surface area (TPSA) is 129 Å². The molecule has 0 aromatic heterocycles. The minimum absolute atomic E-state index is 0.138. The number of ether oxygens (including phenoxy) is 3. The number of nitrogens with zero attached hydrogens (tertiary/aromatic N) is 2. The lowest BCUT2D eigenvalue weighted by Gasteiger charge is -2.11. The van der Waals surface area contributed by atoms with Gasteiger partial charge in [0.25, 0.3) is 11.6 Å². The largest absolute Gasteiger partial charge is 0.490 e. The van der Waals surface area contributed by atoms with E-state index < -0.39 is 16.8 Å². The zero-order chi connectivity index (χ0) is 26.1. The number of hydrazone groups is 1. The van der Waals surface area contributed by atoms with E-state index in [-0.39, 0.29) is 34.4 Å². The fraction of sp³-hybridized carbons (Fsp3) is 0.125. The molecule has 1 amide bonds. The third-order valence-electron chi connectivity index (χ3n) is 4.44. The highest BCUT2D eigenvalue weighted by atomic mass is 35.5. The Bertz CT molecular complexity index is 1300. The van der Waals surface area contributed by atoms with Crippen molar-refractivity contribution in [2.75, 3.05) is 13.2 Å². The van der Waals surface area contributed by atoms with Gasteiger partial charge in [-0.25, -0.2) is 10.2 Å². The Balaban J connectivity index is 1.60. The van der Waals surface area contributed by atoms with Crippen molar-refractivity contribution >= 4 is 47.0 Å². The first-order valence-corrected chi connectivity index (χ1v) is 11.2. The zero-order valence-corrected chi connectivity index (χ0v) is 20.3. The first kappa shape index (κ1) is 26.5. The van der Waals surface area contributed by atoms with Crippen molar-refractivity contribution in [1.82, 2.24) is 5.43 Å². The highest BCUT2D eigenvalue weighted by Gasteiger charge is 2.15. The van der Waals surface area contributed by atoms with Crippen LogP contribution in [0.5, 0.6) is 17.2 Å². The zero-order valence-electron chi connectivity index (χ0n) is 18.8. The number of hydrogen-bond acceptors (Lipinski definition) is 8. The molecule has 3 rings (SSSR count). The van der Waals surface area contributed by atoms with Crippen molar-refractivity contribution in [2.24, 2.45) is 5.10 Å². The van der Waals surface area contributed by atoms with Gasteiger partial charge in [-0.05, 0) is 61.0 Å². The van der Waals surface area contributed by atoms with Gasteiger partial charge < -0.3 is 14.2 Å². The number of nitro benzene ring substituents is 1. The molecule has 0 bridgehead atoms. The normalized spacial score (nSPS) is 10.6. The molecular formula is C24H19Cl2N3O7. The van der Waals surface area contributed by atoms with E-state index in [0.717, 1.165) is 0 Å². The number of non-ortho nitro benzene ring substituents is 1. The highest BCUT2D eigenvalue weighted by molar-refractivity contribution is 6.35. The van der Waals surface area contributed by atoms with E-state index in [9.17, 15) is 19.7 Å². The van der Waals surface area contributed by atoms with Crippen LogP contribution in [-0.4, -0.2) is 36.2 Å². The van der Waals surface area contributed by atoms with Gasteiger partial charge in [0.1, 0.15) is 5.75 Å². The smallest absolute Gasteiger partial charge is 0.343 e. The van der Waals surface area contributed by atoms with Gasteiger partial charge in [-0.1, -0.05) is 23.2 Å². The van der Waals surface area contributed by atoms with E-state index in [1.54, 1.807) is 31.2 Å². The predicted octanol–water partition coefficient (Wildman–Crippen LogP) is 5.05. The molecule has 0 saturated heterocycles. The number of nitrogens with one attached hydrogen (secondary N) is 1. The maximum atomic E-state index is 12.4. The SMILES string of the molecule is CCOc1cc(/C=N/NC(=O)COc2ccc(Cl)cc2Cl)ccc1OC(=O)c1ccc([N+](=O)[O-])cc1. The van der Waals surface area contributed by atoms with Crippen LogP contribution in [0.2, 0.25) is 10.0 Å². The number of esters is 1. The molecule has 0 aliphatic rings. The van der Waals surface area contributed by atoms with E-state index in [1.807, 2.05) is 0 Å². The third-order valence-corrected chi connectivity index (χ3v) is 4.97. The fourth-order valence-electron chi connectivity index (χ4n) is 2.78. The summed E-state index contributed by atoms with van der Waals surface area (Å²) < 4.78 is 16.3. The van der Waals surface area contributed by atoms with Gasteiger partial charge in [0.05, 0.1) is 28.3 Å². The maximum Gasteiger partial charge on any atom is 0.343 e. The number of carbonyl (C=O) groups is 2. The minimum Gasteiger partial charge on any atom is -0.490 e. The summed E-state index contributed by atoms with van der Waals surface area (Å²) in [6.07, 6.45) is 1.37. The fourth-order valence-corrected chi connectivity index (χ4v) is 3.25. The van der Waals surface area contributed by atoms with E-state index >= 15 is 0 Å². The van der Waals surface area contributed by atoms with Crippen LogP contribution in [0.15, 0.2) is 65.8 Å². The molecule has 0 aliphatic heterocycles. The Kier molecular flexibility index (Phi) is 9.20. The van der Waals surface area contributed by atoms with Crippen LogP contribution in [0.4, 0.5) is 5.69 Å². The number of amides is 1. The maximum absolute atomic E-state index is 12.4. The van der Waals surface area contributed by atoms with Gasteiger partial charge in [-0.2, -0.15) is 5.10 Å². The summed E-state index contributed by atoms with van der Waals surface area (Å²) in [5, 5.41) is 15.4. The van der Waals surface area contributed by atoms with Crippen LogP contribution in [0.25, 0.3) is 0 Å². The van der Waals surface area contributed by atoms with Crippen LogP contribution >= 0.6 is 23.2 Å². The molecule has 12 heteroatoms. The van der Waals surface area contributed by atoms with Gasteiger partial charge >= 0.3 is 5.97 Å². The molecule has 10 nitrogen and oxygen atoms in total. The monoisotopic (exact) mass is 531 g/mol. The van der Waals surface area contributed by atoms with E-state index in [0.29, 0.717) is 22.9 Å². The molecule has 0 atom stereocenters. The molecule has 0 spiro atoms. The van der Waals surface area contributed by atoms with Crippen molar-refractivity contribution < 1.29 is 28.7 Å². The molecule has 0 saturated carbocycles. The number of nitro groups is 1. The third kappa shape index (κ3) is 7.42. The van der Waals surface area contributed by atoms with Crippen molar-refractivity contribution in [3.05, 3.63) is 92.0 Å². The molecule has 36 heavy (non-hydrogen) atoms. The molecule has 186 valence electrons. The van der Waals surface area contributed by atoms with Crippen LogP contribution in [0.1, 0.15) is 22.8 Å². The Morgan fingerprint density at radius 2 is 1.72 bits per heavy atom. The van der Waals surface area contributed by atoms with Gasteiger partial charge in [0.2, 0.25) is 0 Å². The quantitative estimate of drug-likeness (QED) is 0.127. The summed E-state index contributed by atoms with van der Waals surface area (Å²) in [7, 11) is 0. The molecule has 3 aromatic rings. The van der Waals surface area contributed by atoms with Gasteiger partial charge in [-0.15, -0.1) is 0 Å². The van der Waals surface area contributed by atoms with E-state index in [2.05, 4.69) is 10.5 Å². The van der Waals surface area contributed by atoms with Crippen LogP contribution in [0, 0.1) is 10.1 Å². The molecule has 3 aromatic carbocycles. The standard InChI is InChI=1S/C24H19Cl2N3O7/c1-2-34-22-11-15(13-27-28-23(30)14-35-20-10-6-17(25)12-19(20)26)3-9-21(22)36-24(31)16-4-7-18(8-5-16)29(32)33/h3-13H,2,14H2,1H3,(H,28,30)/b27-13+. The Hall–Kier alpha value is -4.15. The summed E-state index contributed by atoms with van der Waals surface area (Å²) in [4.78, 5) is 34.6. The second kappa shape index (κ2) is 12.5. The summed E-state index contributed by atoms with van der Waals surface area (Å²) in [6.45, 7) is 1.74. The average molecular weight is 532 g/mol. The summed E-state index contributed by atoms with van der Waals surface area (Å²) in [5.41, 5.74) is 2.87. The molecule has 0 aliphatic carbocycles. The number of halogens is 2. The second-order valence-corrected chi connectivity index (χ2v) is 7.83. The molecule has 0 heterocycles. The van der Waals surface area contributed by atoms with E-state index in [4.69, 9.17) is 37.4 Å². The van der Waals surface area contributed by atoms with Crippen LogP contribution in [0.3, 0.4) is 0 Å². The number of hydrogen-bond donors (Lipinski definition) is 1. The molecule has 0 fully saturated rings. The summed E-state index contributed by atoms with van der Waals surface area (Å²) >= 11 is 11.8. The lowest BCUT2D eigenvalue weighted by Crippen LogP contribution is -2.24. The highest BCUT2D eigenvalue weighted by Crippen LogP contribution is 2.29.